The van der Waals surface area contributed by atoms with Crippen molar-refractivity contribution in [3.63, 3.8) is 0 Å². The minimum atomic E-state index is -0.204. The van der Waals surface area contributed by atoms with Gasteiger partial charge in [0.1, 0.15) is 12.6 Å². The Morgan fingerprint density at radius 2 is 1.89 bits per heavy atom. The van der Waals surface area contributed by atoms with E-state index in [4.69, 9.17) is 4.74 Å². The van der Waals surface area contributed by atoms with Crippen molar-refractivity contribution in [1.29, 1.82) is 0 Å². The quantitative estimate of drug-likeness (QED) is 0.699. The number of imide groups is 1. The minimum absolute atomic E-state index is 0.0547. The number of nitrogens with zero attached hydrogens (tertiary/aromatic N) is 1. The van der Waals surface area contributed by atoms with Gasteiger partial charge in [-0.3, -0.25) is 14.5 Å². The van der Waals surface area contributed by atoms with Crippen LogP contribution in [0, 0.1) is 0 Å². The van der Waals surface area contributed by atoms with Crippen molar-refractivity contribution in [3.05, 3.63) is 35.4 Å². The molecule has 18 heavy (non-hydrogen) atoms. The van der Waals surface area contributed by atoms with Crippen LogP contribution in [0.25, 0.3) is 0 Å². The first kappa shape index (κ1) is 11.4. The summed E-state index contributed by atoms with van der Waals surface area (Å²) in [4.78, 5) is 25.5. The third-order valence-electron chi connectivity index (χ3n) is 3.37. The molecule has 2 heterocycles. The third kappa shape index (κ3) is 1.81. The van der Waals surface area contributed by atoms with E-state index >= 15 is 0 Å². The summed E-state index contributed by atoms with van der Waals surface area (Å²) >= 11 is 0. The Morgan fingerprint density at radius 1 is 1.22 bits per heavy atom. The molecule has 1 aromatic carbocycles. The zero-order chi connectivity index (χ0) is 12.5. The minimum Gasteiger partial charge on any atom is -0.365 e. The summed E-state index contributed by atoms with van der Waals surface area (Å²) in [7, 11) is 0. The van der Waals surface area contributed by atoms with Crippen molar-refractivity contribution in [2.75, 3.05) is 26.2 Å². The van der Waals surface area contributed by atoms with E-state index in [0.29, 0.717) is 24.3 Å². The van der Waals surface area contributed by atoms with E-state index in [1.54, 1.807) is 24.3 Å². The van der Waals surface area contributed by atoms with Gasteiger partial charge >= 0.3 is 0 Å². The van der Waals surface area contributed by atoms with Crippen LogP contribution in [0.3, 0.4) is 0 Å². The second-order valence-corrected chi connectivity index (χ2v) is 4.57. The number of fused-ring (bicyclic) bond motifs is 1. The van der Waals surface area contributed by atoms with Gasteiger partial charge in [-0.25, -0.2) is 0 Å². The number of carbonyl (C=O) groups is 2. The Morgan fingerprint density at radius 3 is 2.44 bits per heavy atom. The standard InChI is InChI=1S/C13H14N2O3/c16-12-10-3-1-2-4-11(10)13(17)15(12)8-9-7-14-5-6-18-9/h1-4,9,14H,5-8H2/p+1/t9-/m0/s1. The van der Waals surface area contributed by atoms with Crippen molar-refractivity contribution < 1.29 is 19.6 Å². The van der Waals surface area contributed by atoms with E-state index in [2.05, 4.69) is 5.32 Å². The molecule has 2 amide bonds. The average molecular weight is 247 g/mol. The molecule has 0 saturated carbocycles. The molecule has 0 radical (unpaired) electrons. The highest BCUT2D eigenvalue weighted by atomic mass is 16.5. The Bertz CT molecular complexity index is 460. The van der Waals surface area contributed by atoms with Gasteiger partial charge in [0.05, 0.1) is 30.8 Å². The predicted molar refractivity (Wildman–Crippen MR) is 63.2 cm³/mol. The van der Waals surface area contributed by atoms with Crippen molar-refractivity contribution in [2.45, 2.75) is 6.10 Å². The lowest BCUT2D eigenvalue weighted by atomic mass is 10.1. The number of quaternary nitrogens is 1. The highest BCUT2D eigenvalue weighted by Gasteiger charge is 2.37. The van der Waals surface area contributed by atoms with E-state index in [-0.39, 0.29) is 17.9 Å². The highest BCUT2D eigenvalue weighted by Crippen LogP contribution is 2.22. The molecule has 0 aliphatic carbocycles. The summed E-state index contributed by atoms with van der Waals surface area (Å²) in [6, 6.07) is 6.95. The number of ether oxygens (including phenoxy) is 1. The summed E-state index contributed by atoms with van der Waals surface area (Å²) in [5.41, 5.74) is 1.00. The van der Waals surface area contributed by atoms with E-state index in [1.807, 2.05) is 0 Å². The smallest absolute Gasteiger partial charge is 0.261 e. The Hall–Kier alpha value is -1.72. The first-order valence-electron chi connectivity index (χ1n) is 6.16. The van der Waals surface area contributed by atoms with Gasteiger partial charge in [-0.15, -0.1) is 0 Å². The lowest BCUT2D eigenvalue weighted by Gasteiger charge is -2.24. The third-order valence-corrected chi connectivity index (χ3v) is 3.37. The van der Waals surface area contributed by atoms with Crippen LogP contribution in [0.4, 0.5) is 0 Å². The maximum absolute atomic E-state index is 12.1. The fourth-order valence-corrected chi connectivity index (χ4v) is 2.43. The Labute approximate surface area is 105 Å². The molecule has 2 N–H and O–H groups in total. The highest BCUT2D eigenvalue weighted by molar-refractivity contribution is 6.21. The van der Waals surface area contributed by atoms with Gasteiger partial charge in [0.15, 0.2) is 0 Å². The maximum Gasteiger partial charge on any atom is 0.261 e. The number of benzene rings is 1. The molecule has 5 heteroatoms. The molecule has 1 fully saturated rings. The molecular formula is C13H15N2O3+. The number of nitrogens with two attached hydrogens (primary N) is 1. The molecule has 0 aromatic heterocycles. The van der Waals surface area contributed by atoms with Crippen molar-refractivity contribution >= 4 is 11.8 Å². The normalized spacial score (nSPS) is 23.3. The fraction of sp³-hybridized carbons (Fsp3) is 0.385. The monoisotopic (exact) mass is 247 g/mol. The maximum atomic E-state index is 12.1. The van der Waals surface area contributed by atoms with Gasteiger partial charge in [0, 0.05) is 0 Å². The molecule has 2 aliphatic heterocycles. The Kier molecular flexibility index (Phi) is 2.85. The SMILES string of the molecule is O=C1c2ccccc2C(=O)N1C[C@@H]1C[NH2+]CCO1. The number of rotatable bonds is 2. The molecule has 0 bridgehead atoms. The lowest BCUT2D eigenvalue weighted by molar-refractivity contribution is -0.676. The summed E-state index contributed by atoms with van der Waals surface area (Å²) in [6.07, 6.45) is -0.0547. The van der Waals surface area contributed by atoms with Gasteiger partial charge in [0.25, 0.3) is 11.8 Å². The summed E-state index contributed by atoms with van der Waals surface area (Å²) < 4.78 is 5.56. The largest absolute Gasteiger partial charge is 0.365 e. The number of hydrogen-bond acceptors (Lipinski definition) is 3. The Balaban J connectivity index is 1.79. The van der Waals surface area contributed by atoms with E-state index in [1.165, 1.54) is 4.90 Å². The molecule has 2 aliphatic rings. The number of hydrogen-bond donors (Lipinski definition) is 1. The predicted octanol–water partition coefficient (Wildman–Crippen LogP) is -0.755. The zero-order valence-electron chi connectivity index (χ0n) is 9.96. The second kappa shape index (κ2) is 4.51. The molecule has 0 unspecified atom stereocenters. The number of carbonyl (C=O) groups excluding carboxylic acids is 2. The fourth-order valence-electron chi connectivity index (χ4n) is 2.43. The molecular weight excluding hydrogens is 232 g/mol. The average Bonchev–Trinajstić information content (AvgIpc) is 2.66. The lowest BCUT2D eigenvalue weighted by Crippen LogP contribution is -2.90. The van der Waals surface area contributed by atoms with Gasteiger partial charge in [-0.1, -0.05) is 12.1 Å². The van der Waals surface area contributed by atoms with Crippen molar-refractivity contribution in [3.8, 4) is 0 Å². The first-order valence-corrected chi connectivity index (χ1v) is 6.16. The van der Waals surface area contributed by atoms with Crippen LogP contribution < -0.4 is 5.32 Å². The molecule has 1 saturated heterocycles. The first-order chi connectivity index (χ1) is 8.77. The topological polar surface area (TPSA) is 63.2 Å². The molecule has 94 valence electrons. The molecule has 1 atom stereocenters. The van der Waals surface area contributed by atoms with Crippen molar-refractivity contribution in [1.82, 2.24) is 4.90 Å². The van der Waals surface area contributed by atoms with E-state index in [0.717, 1.165) is 13.1 Å². The van der Waals surface area contributed by atoms with Crippen LogP contribution in [0.2, 0.25) is 0 Å². The van der Waals surface area contributed by atoms with Crippen LogP contribution in [-0.2, 0) is 4.74 Å². The number of amides is 2. The molecule has 3 rings (SSSR count). The van der Waals surface area contributed by atoms with Crippen LogP contribution in [-0.4, -0.2) is 49.1 Å². The van der Waals surface area contributed by atoms with Crippen LogP contribution in [0.5, 0.6) is 0 Å². The van der Waals surface area contributed by atoms with Gasteiger partial charge in [0.2, 0.25) is 0 Å². The van der Waals surface area contributed by atoms with Crippen LogP contribution in [0.1, 0.15) is 20.7 Å². The molecule has 0 spiro atoms. The van der Waals surface area contributed by atoms with Gasteiger partial charge < -0.3 is 10.1 Å². The molecule has 5 nitrogen and oxygen atoms in total. The van der Waals surface area contributed by atoms with E-state index in [9.17, 15) is 9.59 Å². The zero-order valence-corrected chi connectivity index (χ0v) is 9.96. The number of morpholine rings is 1. The van der Waals surface area contributed by atoms with Gasteiger partial charge in [-0.05, 0) is 12.1 Å². The van der Waals surface area contributed by atoms with Crippen LogP contribution in [0.15, 0.2) is 24.3 Å². The summed E-state index contributed by atoms with van der Waals surface area (Å²) in [5.74, 6) is -0.408. The second-order valence-electron chi connectivity index (χ2n) is 4.57. The van der Waals surface area contributed by atoms with Crippen molar-refractivity contribution in [2.24, 2.45) is 0 Å². The summed E-state index contributed by atoms with van der Waals surface area (Å²) in [6.45, 7) is 2.77. The summed E-state index contributed by atoms with van der Waals surface area (Å²) in [5, 5.41) is 2.15. The van der Waals surface area contributed by atoms with Crippen LogP contribution >= 0.6 is 0 Å². The molecule has 1 aromatic rings. The van der Waals surface area contributed by atoms with E-state index < -0.39 is 0 Å². The van der Waals surface area contributed by atoms with Gasteiger partial charge in [-0.2, -0.15) is 0 Å².